The number of nitrogens with two attached hydrogens (primary N) is 1. The number of ether oxygens (including phenoxy) is 2. The molecule has 0 radical (unpaired) electrons. The summed E-state index contributed by atoms with van der Waals surface area (Å²) in [6.45, 7) is 0.0931. The highest BCUT2D eigenvalue weighted by molar-refractivity contribution is 14.0. The van der Waals surface area contributed by atoms with Gasteiger partial charge in [-0.05, 0) is 18.2 Å². The first-order valence-corrected chi connectivity index (χ1v) is 7.64. The average Bonchev–Trinajstić information content (AvgIpc) is 2.60. The average molecular weight is 478 g/mol. The molecule has 0 aliphatic carbocycles. The maximum atomic E-state index is 10.2. The molecule has 8 heteroatoms. The van der Waals surface area contributed by atoms with Crippen LogP contribution in [0.4, 0.5) is 5.69 Å². The summed E-state index contributed by atoms with van der Waals surface area (Å²) in [6.07, 6.45) is -0.829. The maximum Gasteiger partial charge on any atom is 0.193 e. The fourth-order valence-corrected chi connectivity index (χ4v) is 2.39. The van der Waals surface area contributed by atoms with Gasteiger partial charge in [-0.1, -0.05) is 29.8 Å². The van der Waals surface area contributed by atoms with Crippen LogP contribution in [-0.2, 0) is 0 Å². The zero-order valence-electron chi connectivity index (χ0n) is 13.9. The van der Waals surface area contributed by atoms with Crippen molar-refractivity contribution >= 4 is 47.2 Å². The Morgan fingerprint density at radius 1 is 1.20 bits per heavy atom. The Morgan fingerprint density at radius 3 is 2.52 bits per heavy atom. The largest absolute Gasteiger partial charge is 0.493 e. The fraction of sp³-hybridized carbons (Fsp3) is 0.235. The number of aliphatic hydroxyl groups is 1. The molecule has 0 aliphatic heterocycles. The highest BCUT2D eigenvalue weighted by Crippen LogP contribution is 2.29. The van der Waals surface area contributed by atoms with E-state index >= 15 is 0 Å². The van der Waals surface area contributed by atoms with Crippen molar-refractivity contribution in [1.29, 1.82) is 0 Å². The molecule has 0 spiro atoms. The second-order valence-electron chi connectivity index (χ2n) is 4.96. The summed E-state index contributed by atoms with van der Waals surface area (Å²) in [5, 5.41) is 13.6. The molecule has 4 N–H and O–H groups in total. The van der Waals surface area contributed by atoms with E-state index < -0.39 is 6.10 Å². The summed E-state index contributed by atoms with van der Waals surface area (Å²) in [5.41, 5.74) is 7.16. The predicted octanol–water partition coefficient (Wildman–Crippen LogP) is 3.44. The third kappa shape index (κ3) is 5.94. The molecule has 0 aliphatic rings. The van der Waals surface area contributed by atoms with Crippen LogP contribution in [0.5, 0.6) is 11.5 Å². The van der Waals surface area contributed by atoms with Crippen LogP contribution in [0.25, 0.3) is 0 Å². The van der Waals surface area contributed by atoms with Crippen molar-refractivity contribution in [3.05, 3.63) is 53.1 Å². The Balaban J connectivity index is 0.00000312. The first-order valence-electron chi connectivity index (χ1n) is 7.26. The Kier molecular flexibility index (Phi) is 8.81. The first kappa shape index (κ1) is 21.3. The Bertz CT molecular complexity index is 728. The number of benzene rings is 2. The molecule has 136 valence electrons. The van der Waals surface area contributed by atoms with E-state index in [2.05, 4.69) is 10.3 Å². The van der Waals surface area contributed by atoms with Crippen LogP contribution in [0.15, 0.2) is 47.5 Å². The van der Waals surface area contributed by atoms with Crippen molar-refractivity contribution in [2.24, 2.45) is 10.7 Å². The van der Waals surface area contributed by atoms with E-state index in [1.165, 1.54) is 0 Å². The van der Waals surface area contributed by atoms with Crippen LogP contribution in [0.1, 0.15) is 11.7 Å². The number of aliphatic imine (C=N–C) groups is 1. The number of nitrogens with one attached hydrogen (secondary N) is 1. The lowest BCUT2D eigenvalue weighted by Crippen LogP contribution is -2.23. The second-order valence-corrected chi connectivity index (χ2v) is 5.37. The number of aliphatic hydroxyl groups excluding tert-OH is 1. The molecule has 0 bridgehead atoms. The van der Waals surface area contributed by atoms with Gasteiger partial charge in [0.05, 0.1) is 20.8 Å². The third-order valence-corrected chi connectivity index (χ3v) is 3.70. The standard InChI is InChI=1S/C17H20ClN3O3.HI/c1-23-15-8-7-11(9-16(15)24-2)21-17(19)20-10-14(22)12-5-3-4-6-13(12)18;/h3-9,14,22H,10H2,1-2H3,(H3,19,20,21);1H. The summed E-state index contributed by atoms with van der Waals surface area (Å²) >= 11 is 6.05. The number of rotatable bonds is 6. The number of guanidine groups is 1. The van der Waals surface area contributed by atoms with E-state index in [9.17, 15) is 5.11 Å². The van der Waals surface area contributed by atoms with Gasteiger partial charge in [-0.15, -0.1) is 24.0 Å². The van der Waals surface area contributed by atoms with Gasteiger partial charge in [0.1, 0.15) is 6.10 Å². The van der Waals surface area contributed by atoms with Crippen molar-refractivity contribution < 1.29 is 14.6 Å². The lowest BCUT2D eigenvalue weighted by atomic mass is 10.1. The molecule has 2 aromatic carbocycles. The topological polar surface area (TPSA) is 89.1 Å². The molecule has 1 atom stereocenters. The summed E-state index contributed by atoms with van der Waals surface area (Å²) in [6, 6.07) is 12.4. The lowest BCUT2D eigenvalue weighted by molar-refractivity contribution is 0.187. The molecular formula is C17H21ClIN3O3. The quantitative estimate of drug-likeness (QED) is 0.337. The van der Waals surface area contributed by atoms with Crippen LogP contribution < -0.4 is 20.5 Å². The van der Waals surface area contributed by atoms with Gasteiger partial charge in [-0.2, -0.15) is 0 Å². The molecule has 6 nitrogen and oxygen atoms in total. The summed E-state index contributed by atoms with van der Waals surface area (Å²) < 4.78 is 10.4. The van der Waals surface area contributed by atoms with Crippen LogP contribution in [0.2, 0.25) is 5.02 Å². The summed E-state index contributed by atoms with van der Waals surface area (Å²) in [5.74, 6) is 1.37. The molecule has 25 heavy (non-hydrogen) atoms. The molecule has 2 aromatic rings. The molecule has 0 saturated heterocycles. The first-order chi connectivity index (χ1) is 11.5. The molecule has 0 fully saturated rings. The van der Waals surface area contributed by atoms with Crippen molar-refractivity contribution in [2.45, 2.75) is 6.10 Å². The SMILES string of the molecule is COc1ccc(NC(N)=NCC(O)c2ccccc2Cl)cc1OC.I. The Hall–Kier alpha value is -1.71. The molecular weight excluding hydrogens is 457 g/mol. The number of nitrogens with zero attached hydrogens (tertiary/aromatic N) is 1. The molecule has 2 rings (SSSR count). The van der Waals surface area contributed by atoms with E-state index in [1.807, 2.05) is 0 Å². The smallest absolute Gasteiger partial charge is 0.193 e. The molecule has 0 saturated carbocycles. The number of halogens is 2. The number of anilines is 1. The number of hydrogen-bond donors (Lipinski definition) is 3. The van der Waals surface area contributed by atoms with E-state index in [1.54, 1.807) is 56.7 Å². The highest BCUT2D eigenvalue weighted by Gasteiger charge is 2.11. The molecule has 0 amide bonds. The van der Waals surface area contributed by atoms with E-state index in [4.69, 9.17) is 26.8 Å². The van der Waals surface area contributed by atoms with Crippen molar-refractivity contribution in [3.63, 3.8) is 0 Å². The minimum Gasteiger partial charge on any atom is -0.493 e. The fourth-order valence-electron chi connectivity index (χ4n) is 2.13. The lowest BCUT2D eigenvalue weighted by Gasteiger charge is -2.12. The zero-order valence-corrected chi connectivity index (χ0v) is 17.0. The van der Waals surface area contributed by atoms with Crippen LogP contribution >= 0.6 is 35.6 Å². The monoisotopic (exact) mass is 477 g/mol. The van der Waals surface area contributed by atoms with Crippen LogP contribution in [-0.4, -0.2) is 31.8 Å². The molecule has 0 heterocycles. The highest BCUT2D eigenvalue weighted by atomic mass is 127. The van der Waals surface area contributed by atoms with E-state index in [-0.39, 0.29) is 36.5 Å². The van der Waals surface area contributed by atoms with Gasteiger partial charge >= 0.3 is 0 Å². The van der Waals surface area contributed by atoms with Crippen molar-refractivity contribution in [2.75, 3.05) is 26.1 Å². The van der Waals surface area contributed by atoms with Crippen LogP contribution in [0, 0.1) is 0 Å². The van der Waals surface area contributed by atoms with Gasteiger partial charge in [0.2, 0.25) is 0 Å². The number of hydrogen-bond acceptors (Lipinski definition) is 4. The van der Waals surface area contributed by atoms with E-state index in [0.717, 1.165) is 0 Å². The van der Waals surface area contributed by atoms with Crippen molar-refractivity contribution in [3.8, 4) is 11.5 Å². The van der Waals surface area contributed by atoms with E-state index in [0.29, 0.717) is 27.8 Å². The van der Waals surface area contributed by atoms with Gasteiger partial charge in [0.25, 0.3) is 0 Å². The van der Waals surface area contributed by atoms with Gasteiger partial charge in [0.15, 0.2) is 17.5 Å². The Labute approximate surface area is 169 Å². The minimum atomic E-state index is -0.829. The molecule has 1 unspecified atom stereocenters. The van der Waals surface area contributed by atoms with Gasteiger partial charge in [-0.3, -0.25) is 4.99 Å². The normalized spacial score (nSPS) is 12.1. The van der Waals surface area contributed by atoms with Gasteiger partial charge < -0.3 is 25.6 Å². The summed E-state index contributed by atoms with van der Waals surface area (Å²) in [4.78, 5) is 4.14. The summed E-state index contributed by atoms with van der Waals surface area (Å²) in [7, 11) is 3.12. The predicted molar refractivity (Wildman–Crippen MR) is 111 cm³/mol. The number of methoxy groups -OCH3 is 2. The third-order valence-electron chi connectivity index (χ3n) is 3.35. The molecule has 0 aromatic heterocycles. The second kappa shape index (κ2) is 10.3. The van der Waals surface area contributed by atoms with Crippen molar-refractivity contribution in [1.82, 2.24) is 0 Å². The van der Waals surface area contributed by atoms with Crippen LogP contribution in [0.3, 0.4) is 0 Å². The Morgan fingerprint density at radius 2 is 1.88 bits per heavy atom. The van der Waals surface area contributed by atoms with Gasteiger partial charge in [-0.25, -0.2) is 0 Å². The maximum absolute atomic E-state index is 10.2. The minimum absolute atomic E-state index is 0. The zero-order chi connectivity index (χ0) is 17.5. The van der Waals surface area contributed by atoms with Gasteiger partial charge in [0, 0.05) is 22.3 Å².